The summed E-state index contributed by atoms with van der Waals surface area (Å²) < 4.78 is 1.24. The number of likely N-dealkylation sites (tertiary alicyclic amines) is 1. The minimum absolute atomic E-state index is 0.0338. The Balaban J connectivity index is 1.36. The summed E-state index contributed by atoms with van der Waals surface area (Å²) in [5.74, 6) is 0.435. The topological polar surface area (TPSA) is 69.0 Å². The lowest BCUT2D eigenvalue weighted by molar-refractivity contribution is -0.121. The summed E-state index contributed by atoms with van der Waals surface area (Å²) in [5, 5.41) is 13.1. The van der Waals surface area contributed by atoms with Crippen LogP contribution in [0.15, 0.2) is 48.5 Å². The lowest BCUT2D eigenvalue weighted by Crippen LogP contribution is -2.45. The van der Waals surface area contributed by atoms with Gasteiger partial charge in [-0.2, -0.15) is 5.26 Å². The highest BCUT2D eigenvalue weighted by molar-refractivity contribution is 7.18. The number of rotatable bonds is 4. The fraction of sp³-hybridized carbons (Fsp3) is 0.318. The highest BCUT2D eigenvalue weighted by Gasteiger charge is 2.28. The van der Waals surface area contributed by atoms with E-state index in [0.29, 0.717) is 17.2 Å². The number of hydrogen-bond donors (Lipinski definition) is 1. The number of hydrogen-bond acceptors (Lipinski definition) is 5. The molecule has 3 aromatic rings. The molecule has 1 aromatic heterocycles. The number of fused-ring (bicyclic) bond motifs is 1. The zero-order valence-corrected chi connectivity index (χ0v) is 16.6. The molecule has 1 N–H and O–H groups in total. The molecule has 2 aromatic carbocycles. The van der Waals surface area contributed by atoms with Crippen molar-refractivity contribution in [3.05, 3.63) is 59.1 Å². The van der Waals surface area contributed by atoms with Crippen molar-refractivity contribution in [3.8, 4) is 6.07 Å². The van der Waals surface area contributed by atoms with E-state index in [4.69, 9.17) is 10.2 Å². The maximum atomic E-state index is 12.6. The van der Waals surface area contributed by atoms with E-state index in [-0.39, 0.29) is 11.9 Å². The SMILES string of the molecule is C[C@@H](C(=O)Nc1cccc(C#N)c1)N1CCC(c2nc3ccccc3s2)CC1. The van der Waals surface area contributed by atoms with Gasteiger partial charge >= 0.3 is 0 Å². The Morgan fingerprint density at radius 3 is 2.79 bits per heavy atom. The van der Waals surface area contributed by atoms with Gasteiger partial charge in [0.05, 0.1) is 32.9 Å². The second-order valence-electron chi connectivity index (χ2n) is 7.19. The summed E-state index contributed by atoms with van der Waals surface area (Å²) >= 11 is 1.79. The van der Waals surface area contributed by atoms with Crippen molar-refractivity contribution in [1.82, 2.24) is 9.88 Å². The van der Waals surface area contributed by atoms with Crippen molar-refractivity contribution >= 4 is 33.1 Å². The molecular weight excluding hydrogens is 368 g/mol. The number of para-hydroxylation sites is 1. The molecule has 0 bridgehead atoms. The molecule has 1 amide bonds. The molecule has 4 rings (SSSR count). The highest BCUT2D eigenvalue weighted by Crippen LogP contribution is 2.34. The predicted molar refractivity (Wildman–Crippen MR) is 112 cm³/mol. The number of carbonyl (C=O) groups is 1. The largest absolute Gasteiger partial charge is 0.325 e. The number of nitrogens with one attached hydrogen (secondary N) is 1. The Bertz CT molecular complexity index is 997. The number of thiazole rings is 1. The van der Waals surface area contributed by atoms with E-state index in [0.717, 1.165) is 31.4 Å². The normalized spacial score (nSPS) is 16.6. The van der Waals surface area contributed by atoms with Crippen LogP contribution in [-0.4, -0.2) is 34.9 Å². The molecule has 6 heteroatoms. The number of benzene rings is 2. The molecule has 1 aliphatic rings. The Kier molecular flexibility index (Phi) is 5.38. The first-order valence-electron chi connectivity index (χ1n) is 9.54. The second-order valence-corrected chi connectivity index (χ2v) is 8.25. The van der Waals surface area contributed by atoms with Crippen molar-refractivity contribution in [1.29, 1.82) is 5.26 Å². The van der Waals surface area contributed by atoms with E-state index in [1.54, 1.807) is 29.5 Å². The van der Waals surface area contributed by atoms with Crippen LogP contribution in [-0.2, 0) is 4.79 Å². The van der Waals surface area contributed by atoms with E-state index in [1.807, 2.05) is 19.1 Å². The molecule has 0 saturated carbocycles. The standard InChI is InChI=1S/C22H22N4OS/c1-15(21(27)24-18-6-4-5-16(13-18)14-23)26-11-9-17(10-12-26)22-25-19-7-2-3-8-20(19)28-22/h2-8,13,15,17H,9-12H2,1H3,(H,24,27)/t15-/m0/s1. The first-order valence-corrected chi connectivity index (χ1v) is 10.4. The average molecular weight is 391 g/mol. The zero-order valence-electron chi connectivity index (χ0n) is 15.8. The van der Waals surface area contributed by atoms with Crippen molar-refractivity contribution in [3.63, 3.8) is 0 Å². The summed E-state index contributed by atoms with van der Waals surface area (Å²) in [6, 6.07) is 17.2. The molecule has 0 unspecified atom stereocenters. The quantitative estimate of drug-likeness (QED) is 0.718. The number of carbonyl (C=O) groups excluding carboxylic acids is 1. The van der Waals surface area contributed by atoms with Crippen LogP contribution in [0.3, 0.4) is 0 Å². The predicted octanol–water partition coefficient (Wildman–Crippen LogP) is 4.37. The van der Waals surface area contributed by atoms with Crippen LogP contribution in [0.1, 0.15) is 36.3 Å². The van der Waals surface area contributed by atoms with Gasteiger partial charge in [0.2, 0.25) is 5.91 Å². The molecule has 0 spiro atoms. The van der Waals surface area contributed by atoms with Crippen LogP contribution < -0.4 is 5.32 Å². The number of nitrogens with zero attached hydrogens (tertiary/aromatic N) is 3. The maximum absolute atomic E-state index is 12.6. The minimum atomic E-state index is -0.206. The van der Waals surface area contributed by atoms with Gasteiger partial charge in [-0.1, -0.05) is 18.2 Å². The average Bonchev–Trinajstić information content (AvgIpc) is 3.17. The van der Waals surface area contributed by atoms with Gasteiger partial charge in [0.1, 0.15) is 0 Å². The van der Waals surface area contributed by atoms with Gasteiger partial charge in [-0.15, -0.1) is 11.3 Å². The summed E-state index contributed by atoms with van der Waals surface area (Å²) in [5.41, 5.74) is 2.29. The Morgan fingerprint density at radius 1 is 1.25 bits per heavy atom. The van der Waals surface area contributed by atoms with Crippen molar-refractivity contribution in [2.75, 3.05) is 18.4 Å². The lowest BCUT2D eigenvalue weighted by Gasteiger charge is -2.34. The molecule has 5 nitrogen and oxygen atoms in total. The van der Waals surface area contributed by atoms with Crippen LogP contribution in [0.4, 0.5) is 5.69 Å². The number of aromatic nitrogens is 1. The number of anilines is 1. The third kappa shape index (κ3) is 3.91. The first kappa shape index (κ1) is 18.6. The minimum Gasteiger partial charge on any atom is -0.325 e. The Morgan fingerprint density at radius 2 is 2.04 bits per heavy atom. The molecule has 1 saturated heterocycles. The lowest BCUT2D eigenvalue weighted by atomic mass is 9.96. The fourth-order valence-electron chi connectivity index (χ4n) is 3.68. The Hall–Kier alpha value is -2.75. The van der Waals surface area contributed by atoms with E-state index < -0.39 is 0 Å². The molecule has 142 valence electrons. The van der Waals surface area contributed by atoms with Gasteiger partial charge in [-0.25, -0.2) is 4.98 Å². The van der Waals surface area contributed by atoms with Gasteiger partial charge in [0.15, 0.2) is 0 Å². The van der Waals surface area contributed by atoms with Crippen LogP contribution in [0.25, 0.3) is 10.2 Å². The van der Waals surface area contributed by atoms with Crippen LogP contribution in [0.2, 0.25) is 0 Å². The monoisotopic (exact) mass is 390 g/mol. The summed E-state index contributed by atoms with van der Waals surface area (Å²) in [7, 11) is 0. The van der Waals surface area contributed by atoms with Gasteiger partial charge in [0, 0.05) is 11.6 Å². The highest BCUT2D eigenvalue weighted by atomic mass is 32.1. The molecule has 28 heavy (non-hydrogen) atoms. The van der Waals surface area contributed by atoms with E-state index in [2.05, 4.69) is 34.5 Å². The number of piperidine rings is 1. The molecule has 1 aliphatic heterocycles. The first-order chi connectivity index (χ1) is 13.6. The van der Waals surface area contributed by atoms with E-state index in [1.165, 1.54) is 9.71 Å². The molecule has 2 heterocycles. The molecule has 1 fully saturated rings. The van der Waals surface area contributed by atoms with Crippen LogP contribution in [0.5, 0.6) is 0 Å². The van der Waals surface area contributed by atoms with Gasteiger partial charge < -0.3 is 5.32 Å². The molecule has 0 aliphatic carbocycles. The fourth-order valence-corrected chi connectivity index (χ4v) is 4.81. The van der Waals surface area contributed by atoms with Crippen molar-refractivity contribution in [2.45, 2.75) is 31.7 Å². The van der Waals surface area contributed by atoms with Gasteiger partial charge in [-0.05, 0) is 63.2 Å². The number of nitriles is 1. The van der Waals surface area contributed by atoms with Crippen molar-refractivity contribution < 1.29 is 4.79 Å². The molecule has 1 atom stereocenters. The van der Waals surface area contributed by atoms with E-state index in [9.17, 15) is 4.79 Å². The molecule has 0 radical (unpaired) electrons. The van der Waals surface area contributed by atoms with E-state index >= 15 is 0 Å². The van der Waals surface area contributed by atoms with Gasteiger partial charge in [0.25, 0.3) is 0 Å². The summed E-state index contributed by atoms with van der Waals surface area (Å²) in [4.78, 5) is 19.7. The third-order valence-electron chi connectivity index (χ3n) is 5.38. The number of amides is 1. The maximum Gasteiger partial charge on any atom is 0.241 e. The smallest absolute Gasteiger partial charge is 0.241 e. The van der Waals surface area contributed by atoms with Crippen LogP contribution in [0, 0.1) is 11.3 Å². The molecular formula is C22H22N4OS. The van der Waals surface area contributed by atoms with Crippen molar-refractivity contribution in [2.24, 2.45) is 0 Å². The zero-order chi connectivity index (χ0) is 19.5. The summed E-state index contributed by atoms with van der Waals surface area (Å²) in [6.07, 6.45) is 2.03. The summed E-state index contributed by atoms with van der Waals surface area (Å²) in [6.45, 7) is 3.71. The van der Waals surface area contributed by atoms with Gasteiger partial charge in [-0.3, -0.25) is 9.69 Å². The second kappa shape index (κ2) is 8.09. The Labute approximate surface area is 168 Å². The third-order valence-corrected chi connectivity index (χ3v) is 6.57. The van der Waals surface area contributed by atoms with Crippen LogP contribution >= 0.6 is 11.3 Å².